The van der Waals surface area contributed by atoms with E-state index in [9.17, 15) is 9.59 Å². The highest BCUT2D eigenvalue weighted by atomic mass is 16.5. The third kappa shape index (κ3) is 2.71. The fourth-order valence-corrected chi connectivity index (χ4v) is 3.14. The predicted molar refractivity (Wildman–Crippen MR) is 97.6 cm³/mol. The van der Waals surface area contributed by atoms with E-state index in [1.54, 1.807) is 7.11 Å². The van der Waals surface area contributed by atoms with Crippen LogP contribution in [0.3, 0.4) is 0 Å². The molecule has 2 N–H and O–H groups in total. The summed E-state index contributed by atoms with van der Waals surface area (Å²) in [5, 5.41) is 0. The van der Waals surface area contributed by atoms with Crippen molar-refractivity contribution in [2.24, 2.45) is 0 Å². The Kier molecular flexibility index (Phi) is 3.93. The second-order valence-corrected chi connectivity index (χ2v) is 5.87. The summed E-state index contributed by atoms with van der Waals surface area (Å²) in [6.45, 7) is 0. The van der Waals surface area contributed by atoms with Gasteiger partial charge in [0, 0.05) is 17.0 Å². The fourth-order valence-electron chi connectivity index (χ4n) is 3.14. The average Bonchev–Trinajstić information content (AvgIpc) is 2.67. The van der Waals surface area contributed by atoms with Crippen LogP contribution >= 0.6 is 0 Å². The summed E-state index contributed by atoms with van der Waals surface area (Å²) >= 11 is 0. The van der Waals surface area contributed by atoms with Gasteiger partial charge in [0.15, 0.2) is 0 Å². The molecule has 0 spiro atoms. The summed E-state index contributed by atoms with van der Waals surface area (Å²) in [6.07, 6.45) is 1.86. The van der Waals surface area contributed by atoms with Gasteiger partial charge in [-0.25, -0.2) is 4.79 Å². The fraction of sp³-hybridized carbons (Fsp3) is 0.100. The van der Waals surface area contributed by atoms with Gasteiger partial charge in [-0.05, 0) is 12.1 Å². The number of aromatic nitrogens is 2. The first-order chi connectivity index (χ1) is 12.7. The topological polar surface area (TPSA) is 84.2 Å². The molecule has 0 fully saturated rings. The van der Waals surface area contributed by atoms with E-state index in [0.29, 0.717) is 17.1 Å². The Bertz CT molecular complexity index is 1100. The molecule has 0 bridgehead atoms. The van der Waals surface area contributed by atoms with Crippen LogP contribution in [0.4, 0.5) is 0 Å². The minimum Gasteiger partial charge on any atom is -0.496 e. The second-order valence-electron chi connectivity index (χ2n) is 5.87. The average molecular weight is 348 g/mol. The number of fused-ring (bicyclic) bond motifs is 1. The molecule has 1 atom stereocenters. The maximum atomic E-state index is 12.5. The van der Waals surface area contributed by atoms with Crippen molar-refractivity contribution in [2.45, 2.75) is 5.92 Å². The number of methoxy groups -OCH3 is 1. The number of aromatic amines is 2. The van der Waals surface area contributed by atoms with Gasteiger partial charge in [0.1, 0.15) is 11.5 Å². The van der Waals surface area contributed by atoms with Crippen LogP contribution in [0.1, 0.15) is 22.6 Å². The molecule has 6 heteroatoms. The van der Waals surface area contributed by atoms with Gasteiger partial charge in [0.25, 0.3) is 5.56 Å². The Labute approximate surface area is 148 Å². The van der Waals surface area contributed by atoms with Crippen LogP contribution in [0, 0.1) is 0 Å². The maximum Gasteiger partial charge on any atom is 0.328 e. The lowest BCUT2D eigenvalue weighted by Gasteiger charge is -2.25. The van der Waals surface area contributed by atoms with E-state index in [4.69, 9.17) is 9.47 Å². The first-order valence-electron chi connectivity index (χ1n) is 8.12. The Balaban J connectivity index is 1.97. The second kappa shape index (κ2) is 6.40. The third-order valence-corrected chi connectivity index (χ3v) is 4.32. The van der Waals surface area contributed by atoms with Gasteiger partial charge in [0.05, 0.1) is 12.7 Å². The number of benzene rings is 2. The first-order valence-corrected chi connectivity index (χ1v) is 8.12. The highest BCUT2D eigenvalue weighted by Crippen LogP contribution is 2.40. The lowest BCUT2D eigenvalue weighted by Crippen LogP contribution is -2.30. The number of para-hydroxylation sites is 1. The standard InChI is InChI=1S/C20H16N2O4/c1-25-15-10-6-5-9-13(15)14-11-16(12-7-3-2-4-8-12)26-19-17(14)18(23)21-20(24)22-19/h2-11,14H,1H3,(H2,21,22,23,24). The highest BCUT2D eigenvalue weighted by molar-refractivity contribution is 5.67. The van der Waals surface area contributed by atoms with E-state index in [1.165, 1.54) is 0 Å². The summed E-state index contributed by atoms with van der Waals surface area (Å²) in [6, 6.07) is 17.0. The van der Waals surface area contributed by atoms with Crippen LogP contribution in [0.15, 0.2) is 70.3 Å². The van der Waals surface area contributed by atoms with Gasteiger partial charge in [-0.2, -0.15) is 0 Å². The molecule has 4 rings (SSSR count). The van der Waals surface area contributed by atoms with Crippen LogP contribution in [-0.2, 0) is 0 Å². The van der Waals surface area contributed by atoms with Crippen molar-refractivity contribution >= 4 is 5.76 Å². The van der Waals surface area contributed by atoms with E-state index in [-0.39, 0.29) is 5.88 Å². The summed E-state index contributed by atoms with van der Waals surface area (Å²) in [5.74, 6) is 0.941. The van der Waals surface area contributed by atoms with Gasteiger partial charge in [-0.1, -0.05) is 48.5 Å². The van der Waals surface area contributed by atoms with Crippen LogP contribution < -0.4 is 20.7 Å². The number of rotatable bonds is 3. The monoisotopic (exact) mass is 348 g/mol. The van der Waals surface area contributed by atoms with Crippen molar-refractivity contribution in [3.05, 3.63) is 98.2 Å². The Morgan fingerprint density at radius 1 is 0.962 bits per heavy atom. The van der Waals surface area contributed by atoms with Gasteiger partial charge in [0.2, 0.25) is 5.88 Å². The number of ether oxygens (including phenoxy) is 2. The molecule has 26 heavy (non-hydrogen) atoms. The Morgan fingerprint density at radius 3 is 2.46 bits per heavy atom. The zero-order chi connectivity index (χ0) is 18.1. The molecule has 1 unspecified atom stereocenters. The molecule has 1 aromatic heterocycles. The van der Waals surface area contributed by atoms with Crippen molar-refractivity contribution in [1.82, 2.24) is 9.97 Å². The summed E-state index contributed by atoms with van der Waals surface area (Å²) < 4.78 is 11.3. The number of hydrogen-bond acceptors (Lipinski definition) is 4. The van der Waals surface area contributed by atoms with Crippen molar-refractivity contribution in [1.29, 1.82) is 0 Å². The molecule has 0 radical (unpaired) electrons. The Morgan fingerprint density at radius 2 is 1.69 bits per heavy atom. The number of hydrogen-bond donors (Lipinski definition) is 2. The van der Waals surface area contributed by atoms with Crippen LogP contribution in [0.25, 0.3) is 5.76 Å². The number of H-pyrrole nitrogens is 2. The summed E-state index contributed by atoms with van der Waals surface area (Å²) in [5.41, 5.74) is 0.906. The van der Waals surface area contributed by atoms with Gasteiger partial charge in [-0.3, -0.25) is 14.8 Å². The first kappa shape index (κ1) is 16.0. The lowest BCUT2D eigenvalue weighted by molar-refractivity contribution is 0.407. The quantitative estimate of drug-likeness (QED) is 0.762. The largest absolute Gasteiger partial charge is 0.496 e. The Hall–Kier alpha value is -3.54. The predicted octanol–water partition coefficient (Wildman–Crippen LogP) is 2.64. The van der Waals surface area contributed by atoms with Crippen LogP contribution in [-0.4, -0.2) is 17.1 Å². The molecule has 0 saturated heterocycles. The third-order valence-electron chi connectivity index (χ3n) is 4.32. The summed E-state index contributed by atoms with van der Waals surface area (Å²) in [7, 11) is 1.58. The van der Waals surface area contributed by atoms with Gasteiger partial charge >= 0.3 is 5.69 Å². The molecular weight excluding hydrogens is 332 g/mol. The van der Waals surface area contributed by atoms with Gasteiger partial charge in [-0.15, -0.1) is 0 Å². The highest BCUT2D eigenvalue weighted by Gasteiger charge is 2.29. The normalized spacial score (nSPS) is 15.6. The molecule has 2 aromatic carbocycles. The van der Waals surface area contributed by atoms with E-state index in [0.717, 1.165) is 11.1 Å². The minimum absolute atomic E-state index is 0.149. The molecule has 6 nitrogen and oxygen atoms in total. The van der Waals surface area contributed by atoms with E-state index in [2.05, 4.69) is 9.97 Å². The SMILES string of the molecule is COc1ccccc1C1C=C(c2ccccc2)Oc2[nH]c(=O)[nH]c(=O)c21. The molecule has 3 aromatic rings. The maximum absolute atomic E-state index is 12.5. The van der Waals surface area contributed by atoms with Gasteiger partial charge < -0.3 is 9.47 Å². The number of nitrogens with one attached hydrogen (secondary N) is 2. The van der Waals surface area contributed by atoms with Crippen molar-refractivity contribution in [3.63, 3.8) is 0 Å². The molecule has 1 aliphatic heterocycles. The van der Waals surface area contributed by atoms with Crippen molar-refractivity contribution < 1.29 is 9.47 Å². The number of allylic oxidation sites excluding steroid dienone is 1. The minimum atomic E-state index is -0.609. The van der Waals surface area contributed by atoms with E-state index < -0.39 is 17.2 Å². The molecule has 2 heterocycles. The zero-order valence-electron chi connectivity index (χ0n) is 14.0. The van der Waals surface area contributed by atoms with Crippen LogP contribution in [0.2, 0.25) is 0 Å². The molecule has 0 aliphatic carbocycles. The van der Waals surface area contributed by atoms with E-state index >= 15 is 0 Å². The molecular formula is C20H16N2O4. The molecule has 130 valence electrons. The molecule has 0 saturated carbocycles. The lowest BCUT2D eigenvalue weighted by atomic mass is 9.89. The van der Waals surface area contributed by atoms with Crippen LogP contribution in [0.5, 0.6) is 11.6 Å². The zero-order valence-corrected chi connectivity index (χ0v) is 14.0. The van der Waals surface area contributed by atoms with E-state index in [1.807, 2.05) is 60.7 Å². The van der Waals surface area contributed by atoms with Crippen molar-refractivity contribution in [3.8, 4) is 11.6 Å². The molecule has 0 amide bonds. The molecule has 1 aliphatic rings. The smallest absolute Gasteiger partial charge is 0.328 e. The van der Waals surface area contributed by atoms with Crippen molar-refractivity contribution in [2.75, 3.05) is 7.11 Å². The summed E-state index contributed by atoms with van der Waals surface area (Å²) in [4.78, 5) is 29.1.